The Hall–Kier alpha value is -1.43. The maximum absolute atomic E-state index is 13.5. The van der Waals surface area contributed by atoms with E-state index in [0.29, 0.717) is 12.8 Å². The number of halogens is 1. The molecule has 0 atom stereocenters. The van der Waals surface area contributed by atoms with Gasteiger partial charge in [0.25, 0.3) is 0 Å². The number of methoxy groups -OCH3 is 1. The standard InChI is InChI=1S/C13H15FO4S/c1-18-12(15)13(6-7-13)8-9-19(16,17)11-5-3-2-4-10(11)14/h2-5H,6-9H2,1H3. The van der Waals surface area contributed by atoms with Crippen molar-refractivity contribution in [1.29, 1.82) is 0 Å². The maximum atomic E-state index is 13.5. The van der Waals surface area contributed by atoms with Crippen molar-refractivity contribution in [1.82, 2.24) is 0 Å². The van der Waals surface area contributed by atoms with Gasteiger partial charge in [0.2, 0.25) is 0 Å². The Morgan fingerprint density at radius 3 is 2.53 bits per heavy atom. The van der Waals surface area contributed by atoms with Crippen molar-refractivity contribution in [2.75, 3.05) is 12.9 Å². The van der Waals surface area contributed by atoms with Gasteiger partial charge in [-0.05, 0) is 31.4 Å². The highest BCUT2D eigenvalue weighted by Gasteiger charge is 2.51. The van der Waals surface area contributed by atoms with Crippen LogP contribution in [0.1, 0.15) is 19.3 Å². The lowest BCUT2D eigenvalue weighted by molar-refractivity contribution is -0.147. The number of benzene rings is 1. The minimum Gasteiger partial charge on any atom is -0.469 e. The van der Waals surface area contributed by atoms with Crippen molar-refractivity contribution >= 4 is 15.8 Å². The second kappa shape index (κ2) is 4.92. The van der Waals surface area contributed by atoms with E-state index in [4.69, 9.17) is 0 Å². The SMILES string of the molecule is COC(=O)C1(CCS(=O)(=O)c2ccccc2F)CC1. The van der Waals surface area contributed by atoms with Crippen molar-refractivity contribution in [2.24, 2.45) is 5.41 Å². The molecular formula is C13H15FO4S. The topological polar surface area (TPSA) is 60.4 Å². The molecule has 1 aromatic carbocycles. The van der Waals surface area contributed by atoms with Gasteiger partial charge in [-0.1, -0.05) is 12.1 Å². The number of ether oxygens (including phenoxy) is 1. The average molecular weight is 286 g/mol. The number of hydrogen-bond donors (Lipinski definition) is 0. The molecule has 0 spiro atoms. The van der Waals surface area contributed by atoms with Crippen LogP contribution in [0.4, 0.5) is 4.39 Å². The Labute approximate surface area is 111 Å². The first kappa shape index (κ1) is 14.0. The van der Waals surface area contributed by atoms with Crippen LogP contribution in [0.2, 0.25) is 0 Å². The lowest BCUT2D eigenvalue weighted by atomic mass is 10.1. The fourth-order valence-corrected chi connectivity index (χ4v) is 3.59. The quantitative estimate of drug-likeness (QED) is 0.776. The van der Waals surface area contributed by atoms with Gasteiger partial charge in [0, 0.05) is 0 Å². The third-order valence-corrected chi connectivity index (χ3v) is 5.24. The molecule has 1 aliphatic rings. The van der Waals surface area contributed by atoms with Gasteiger partial charge in [0.05, 0.1) is 18.3 Å². The summed E-state index contributed by atoms with van der Waals surface area (Å²) in [4.78, 5) is 11.2. The molecule has 0 bridgehead atoms. The molecule has 0 aromatic heterocycles. The number of carbonyl (C=O) groups excluding carboxylic acids is 1. The number of sulfone groups is 1. The van der Waals surface area contributed by atoms with Crippen molar-refractivity contribution in [2.45, 2.75) is 24.2 Å². The average Bonchev–Trinajstić information content (AvgIpc) is 3.17. The zero-order valence-corrected chi connectivity index (χ0v) is 11.4. The summed E-state index contributed by atoms with van der Waals surface area (Å²) in [5.74, 6) is -1.38. The third kappa shape index (κ3) is 2.78. The van der Waals surface area contributed by atoms with E-state index in [1.165, 1.54) is 25.3 Å². The Balaban J connectivity index is 2.12. The van der Waals surface area contributed by atoms with Gasteiger partial charge in [0.15, 0.2) is 9.84 Å². The smallest absolute Gasteiger partial charge is 0.311 e. The number of rotatable bonds is 5. The van der Waals surface area contributed by atoms with E-state index in [1.807, 2.05) is 0 Å². The van der Waals surface area contributed by atoms with Crippen LogP contribution < -0.4 is 0 Å². The molecule has 1 aliphatic carbocycles. The third-order valence-electron chi connectivity index (χ3n) is 3.49. The summed E-state index contributed by atoms with van der Waals surface area (Å²) in [6.45, 7) is 0. The molecule has 0 saturated heterocycles. The summed E-state index contributed by atoms with van der Waals surface area (Å²) in [6.07, 6.45) is 1.44. The van der Waals surface area contributed by atoms with Crippen LogP contribution in [-0.2, 0) is 19.4 Å². The molecular weight excluding hydrogens is 271 g/mol. The molecule has 0 heterocycles. The van der Waals surface area contributed by atoms with Gasteiger partial charge >= 0.3 is 5.97 Å². The molecule has 4 nitrogen and oxygen atoms in total. The van der Waals surface area contributed by atoms with Crippen molar-refractivity contribution < 1.29 is 22.3 Å². The Morgan fingerprint density at radius 1 is 1.37 bits per heavy atom. The van der Waals surface area contributed by atoms with Gasteiger partial charge in [-0.3, -0.25) is 4.79 Å². The zero-order valence-electron chi connectivity index (χ0n) is 10.6. The molecule has 0 unspecified atom stereocenters. The predicted octanol–water partition coefficient (Wildman–Crippen LogP) is 1.94. The minimum atomic E-state index is -3.71. The summed E-state index contributed by atoms with van der Waals surface area (Å²) < 4.78 is 42.2. The van der Waals surface area contributed by atoms with Crippen molar-refractivity contribution in [3.05, 3.63) is 30.1 Å². The summed E-state index contributed by atoms with van der Waals surface area (Å²) in [7, 11) is -2.42. The van der Waals surface area contributed by atoms with Crippen LogP contribution in [0.25, 0.3) is 0 Å². The largest absolute Gasteiger partial charge is 0.469 e. The van der Waals surface area contributed by atoms with Gasteiger partial charge in [0.1, 0.15) is 10.7 Å². The van der Waals surface area contributed by atoms with Crippen LogP contribution >= 0.6 is 0 Å². The van der Waals surface area contributed by atoms with E-state index in [1.54, 1.807) is 0 Å². The number of carbonyl (C=O) groups is 1. The molecule has 0 N–H and O–H groups in total. The Kier molecular flexibility index (Phi) is 3.62. The summed E-state index contributed by atoms with van der Waals surface area (Å²) in [5.41, 5.74) is -0.674. The predicted molar refractivity (Wildman–Crippen MR) is 66.8 cm³/mol. The molecule has 1 saturated carbocycles. The molecule has 0 amide bonds. The molecule has 104 valence electrons. The zero-order chi connectivity index (χ0) is 14.1. The molecule has 0 aliphatic heterocycles. The molecule has 6 heteroatoms. The van der Waals surface area contributed by atoms with E-state index < -0.39 is 21.1 Å². The van der Waals surface area contributed by atoms with Crippen molar-refractivity contribution in [3.63, 3.8) is 0 Å². The second-order valence-corrected chi connectivity index (χ2v) is 6.85. The highest BCUT2D eigenvalue weighted by molar-refractivity contribution is 7.91. The first-order valence-corrected chi connectivity index (χ1v) is 7.62. The number of hydrogen-bond acceptors (Lipinski definition) is 4. The van der Waals surface area contributed by atoms with Crippen LogP contribution in [0, 0.1) is 11.2 Å². The monoisotopic (exact) mass is 286 g/mol. The summed E-state index contributed by atoms with van der Waals surface area (Å²) in [6, 6.07) is 5.26. The minimum absolute atomic E-state index is 0.177. The van der Waals surface area contributed by atoms with Gasteiger partial charge in [-0.2, -0.15) is 0 Å². The first-order chi connectivity index (χ1) is 8.91. The highest BCUT2D eigenvalue weighted by atomic mass is 32.2. The van der Waals surface area contributed by atoms with Crippen LogP contribution in [-0.4, -0.2) is 27.2 Å². The van der Waals surface area contributed by atoms with E-state index in [2.05, 4.69) is 4.74 Å². The fraction of sp³-hybridized carbons (Fsp3) is 0.462. The van der Waals surface area contributed by atoms with E-state index in [0.717, 1.165) is 6.07 Å². The lowest BCUT2D eigenvalue weighted by Gasteiger charge is -2.12. The molecule has 2 rings (SSSR count). The molecule has 19 heavy (non-hydrogen) atoms. The Morgan fingerprint density at radius 2 is 2.00 bits per heavy atom. The normalized spacial score (nSPS) is 16.9. The number of esters is 1. The molecule has 1 aromatic rings. The Bertz CT molecular complexity index is 590. The van der Waals surface area contributed by atoms with Crippen LogP contribution in [0.3, 0.4) is 0 Å². The van der Waals surface area contributed by atoms with Gasteiger partial charge in [-0.15, -0.1) is 0 Å². The molecule has 1 fully saturated rings. The van der Waals surface area contributed by atoms with Crippen LogP contribution in [0.15, 0.2) is 29.2 Å². The van der Waals surface area contributed by atoms with Crippen LogP contribution in [0.5, 0.6) is 0 Å². The van der Waals surface area contributed by atoms with E-state index >= 15 is 0 Å². The maximum Gasteiger partial charge on any atom is 0.311 e. The highest BCUT2D eigenvalue weighted by Crippen LogP contribution is 2.50. The summed E-state index contributed by atoms with van der Waals surface area (Å²) >= 11 is 0. The second-order valence-electron chi connectivity index (χ2n) is 4.77. The molecule has 0 radical (unpaired) electrons. The fourth-order valence-electron chi connectivity index (χ4n) is 2.06. The van der Waals surface area contributed by atoms with Gasteiger partial charge < -0.3 is 4.74 Å². The van der Waals surface area contributed by atoms with E-state index in [9.17, 15) is 17.6 Å². The van der Waals surface area contributed by atoms with Gasteiger partial charge in [-0.25, -0.2) is 12.8 Å². The first-order valence-electron chi connectivity index (χ1n) is 5.97. The lowest BCUT2D eigenvalue weighted by Crippen LogP contribution is -2.21. The van der Waals surface area contributed by atoms with E-state index in [-0.39, 0.29) is 23.0 Å². The van der Waals surface area contributed by atoms with Crippen molar-refractivity contribution in [3.8, 4) is 0 Å². The summed E-state index contributed by atoms with van der Waals surface area (Å²) in [5, 5.41) is 0.